The number of imidazole rings is 1. The van der Waals surface area contributed by atoms with E-state index in [0.717, 1.165) is 86.3 Å². The summed E-state index contributed by atoms with van der Waals surface area (Å²) in [6.07, 6.45) is 1.23. The molecule has 2 saturated heterocycles. The fourth-order valence-corrected chi connectivity index (χ4v) is 5.03. The van der Waals surface area contributed by atoms with E-state index in [0.29, 0.717) is 18.8 Å². The molecule has 1 atom stereocenters. The summed E-state index contributed by atoms with van der Waals surface area (Å²) in [5.74, 6) is 2.35. The van der Waals surface area contributed by atoms with Crippen molar-refractivity contribution < 1.29 is 23.7 Å². The van der Waals surface area contributed by atoms with E-state index in [1.807, 2.05) is 24.3 Å². The van der Waals surface area contributed by atoms with Gasteiger partial charge in [-0.15, -0.1) is 0 Å². The largest absolute Gasteiger partial charge is 0.486 e. The predicted octanol–water partition coefficient (Wildman–Crippen LogP) is 2.71. The molecule has 0 spiro atoms. The van der Waals surface area contributed by atoms with Crippen LogP contribution in [-0.2, 0) is 22.6 Å². The molecule has 0 bridgehead atoms. The first kappa shape index (κ1) is 22.2. The van der Waals surface area contributed by atoms with Gasteiger partial charge in [-0.25, -0.2) is 9.78 Å². The number of esters is 1. The lowest BCUT2D eigenvalue weighted by Crippen LogP contribution is -2.46. The van der Waals surface area contributed by atoms with Crippen molar-refractivity contribution in [2.24, 2.45) is 0 Å². The van der Waals surface area contributed by atoms with E-state index in [2.05, 4.69) is 20.4 Å². The minimum absolute atomic E-state index is 0.191. The van der Waals surface area contributed by atoms with Gasteiger partial charge in [0.2, 0.25) is 0 Å². The van der Waals surface area contributed by atoms with Crippen LogP contribution in [0.15, 0.2) is 36.4 Å². The van der Waals surface area contributed by atoms with Crippen molar-refractivity contribution in [1.29, 1.82) is 0 Å². The minimum Gasteiger partial charge on any atom is -0.486 e. The fraction of sp³-hybridized carbons (Fsp3) is 0.462. The summed E-state index contributed by atoms with van der Waals surface area (Å²) in [5, 5.41) is 0. The van der Waals surface area contributed by atoms with Crippen LogP contribution in [0.3, 0.4) is 0 Å². The molecule has 3 aromatic rings. The van der Waals surface area contributed by atoms with Crippen LogP contribution < -0.4 is 14.4 Å². The Hall–Kier alpha value is -3.30. The molecule has 3 aliphatic rings. The van der Waals surface area contributed by atoms with Gasteiger partial charge < -0.3 is 28.4 Å². The quantitative estimate of drug-likeness (QED) is 0.501. The van der Waals surface area contributed by atoms with E-state index in [1.165, 1.54) is 7.11 Å². The molecule has 1 aromatic heterocycles. The summed E-state index contributed by atoms with van der Waals surface area (Å²) in [6.45, 7) is 7.11. The van der Waals surface area contributed by atoms with Crippen LogP contribution >= 0.6 is 0 Å². The Labute approximate surface area is 204 Å². The van der Waals surface area contributed by atoms with Crippen LogP contribution in [0.25, 0.3) is 11.0 Å². The molecule has 6 rings (SSSR count). The molecule has 0 radical (unpaired) electrons. The molecule has 184 valence electrons. The summed E-state index contributed by atoms with van der Waals surface area (Å²) in [4.78, 5) is 21.9. The molecule has 9 nitrogen and oxygen atoms in total. The predicted molar refractivity (Wildman–Crippen MR) is 130 cm³/mol. The zero-order valence-electron chi connectivity index (χ0n) is 19.9. The molecule has 0 amide bonds. The third-order valence-electron chi connectivity index (χ3n) is 7.05. The summed E-state index contributed by atoms with van der Waals surface area (Å²) in [6, 6.07) is 11.7. The average Bonchev–Trinajstić information content (AvgIpc) is 3.21. The first-order valence-corrected chi connectivity index (χ1v) is 12.2. The fourth-order valence-electron chi connectivity index (χ4n) is 5.03. The smallest absolute Gasteiger partial charge is 0.337 e. The minimum atomic E-state index is -0.338. The van der Waals surface area contributed by atoms with Gasteiger partial charge in [0.1, 0.15) is 19.0 Å². The van der Waals surface area contributed by atoms with Gasteiger partial charge in [0, 0.05) is 32.8 Å². The highest BCUT2D eigenvalue weighted by Gasteiger charge is 2.26. The van der Waals surface area contributed by atoms with Gasteiger partial charge in [-0.2, -0.15) is 0 Å². The lowest BCUT2D eigenvalue weighted by molar-refractivity contribution is -0.0592. The third kappa shape index (κ3) is 4.30. The van der Waals surface area contributed by atoms with Gasteiger partial charge in [-0.1, -0.05) is 6.07 Å². The normalized spacial score (nSPS) is 20.0. The van der Waals surface area contributed by atoms with Crippen LogP contribution in [0, 0.1) is 0 Å². The van der Waals surface area contributed by atoms with Crippen molar-refractivity contribution in [3.8, 4) is 11.5 Å². The molecule has 0 N–H and O–H groups in total. The summed E-state index contributed by atoms with van der Waals surface area (Å²) >= 11 is 0. The second-order valence-corrected chi connectivity index (χ2v) is 9.18. The Kier molecular flexibility index (Phi) is 5.95. The van der Waals surface area contributed by atoms with E-state index in [4.69, 9.17) is 23.9 Å². The second kappa shape index (κ2) is 9.39. The number of fused-ring (bicyclic) bond motifs is 2. The van der Waals surface area contributed by atoms with Crippen molar-refractivity contribution in [3.63, 3.8) is 0 Å². The van der Waals surface area contributed by atoms with Crippen LogP contribution in [0.5, 0.6) is 11.5 Å². The maximum atomic E-state index is 12.1. The van der Waals surface area contributed by atoms with Crippen LogP contribution in [0.4, 0.5) is 5.69 Å². The summed E-state index contributed by atoms with van der Waals surface area (Å²) < 4.78 is 24.6. The van der Waals surface area contributed by atoms with E-state index < -0.39 is 0 Å². The van der Waals surface area contributed by atoms with Gasteiger partial charge in [0.25, 0.3) is 0 Å². The summed E-state index contributed by atoms with van der Waals surface area (Å²) in [5.41, 5.74) is 3.48. The lowest BCUT2D eigenvalue weighted by atomic mass is 10.1. The van der Waals surface area contributed by atoms with E-state index >= 15 is 0 Å². The second-order valence-electron chi connectivity index (χ2n) is 9.18. The van der Waals surface area contributed by atoms with Gasteiger partial charge in [-0.3, -0.25) is 4.90 Å². The number of rotatable bonds is 6. The Morgan fingerprint density at radius 1 is 1.09 bits per heavy atom. The zero-order chi connectivity index (χ0) is 23.8. The van der Waals surface area contributed by atoms with E-state index in [9.17, 15) is 4.79 Å². The van der Waals surface area contributed by atoms with Gasteiger partial charge in [-0.05, 0) is 36.8 Å². The van der Waals surface area contributed by atoms with Crippen LogP contribution in [0.1, 0.15) is 22.6 Å². The number of hydrogen-bond acceptors (Lipinski definition) is 8. The summed E-state index contributed by atoms with van der Waals surface area (Å²) in [7, 11) is 1.40. The van der Waals surface area contributed by atoms with Crippen molar-refractivity contribution in [2.45, 2.75) is 25.6 Å². The van der Waals surface area contributed by atoms with E-state index in [-0.39, 0.29) is 12.1 Å². The molecule has 2 fully saturated rings. The maximum absolute atomic E-state index is 12.1. The molecule has 9 heteroatoms. The van der Waals surface area contributed by atoms with Crippen molar-refractivity contribution >= 4 is 22.7 Å². The average molecular weight is 479 g/mol. The molecule has 2 aromatic carbocycles. The highest BCUT2D eigenvalue weighted by molar-refractivity contribution is 5.93. The van der Waals surface area contributed by atoms with Gasteiger partial charge >= 0.3 is 5.97 Å². The van der Waals surface area contributed by atoms with Gasteiger partial charge in [0.05, 0.1) is 48.6 Å². The molecule has 0 aliphatic carbocycles. The lowest BCUT2D eigenvalue weighted by Gasteiger charge is -2.37. The monoisotopic (exact) mass is 478 g/mol. The standard InChI is InChI=1S/C26H30N4O5/c1-32-26(31)18-5-6-20-22(15-18)30(16-19-7-12-33-19)24(27-20)17-28-8-10-29(11-9-28)21-3-2-4-23-25(21)35-14-13-34-23/h2-6,15,19H,7-14,16-17H2,1H3. The van der Waals surface area contributed by atoms with Crippen molar-refractivity contribution in [1.82, 2.24) is 14.5 Å². The number of methoxy groups -OCH3 is 1. The molecular formula is C26H30N4O5. The third-order valence-corrected chi connectivity index (χ3v) is 7.05. The molecule has 4 heterocycles. The maximum Gasteiger partial charge on any atom is 0.337 e. The molecule has 35 heavy (non-hydrogen) atoms. The Morgan fingerprint density at radius 3 is 2.69 bits per heavy atom. The molecule has 0 saturated carbocycles. The molecule has 1 unspecified atom stereocenters. The number of para-hydroxylation sites is 1. The number of ether oxygens (including phenoxy) is 4. The van der Waals surface area contributed by atoms with Crippen LogP contribution in [0.2, 0.25) is 0 Å². The van der Waals surface area contributed by atoms with Crippen molar-refractivity contribution in [3.05, 3.63) is 47.8 Å². The number of nitrogens with zero attached hydrogens (tertiary/aromatic N) is 4. The van der Waals surface area contributed by atoms with Crippen LogP contribution in [-0.4, -0.2) is 79.6 Å². The Bertz CT molecular complexity index is 1230. The number of carbonyl (C=O) groups is 1. The number of carbonyl (C=O) groups excluding carboxylic acids is 1. The van der Waals surface area contributed by atoms with Gasteiger partial charge in [0.15, 0.2) is 11.5 Å². The number of anilines is 1. The SMILES string of the molecule is COC(=O)c1ccc2nc(CN3CCN(c4cccc5c4OCCO5)CC3)n(CC3CCO3)c2c1. The number of piperazine rings is 1. The number of aromatic nitrogens is 2. The van der Waals surface area contributed by atoms with Crippen molar-refractivity contribution in [2.75, 3.05) is 58.0 Å². The number of benzene rings is 2. The highest BCUT2D eigenvalue weighted by atomic mass is 16.6. The first-order chi connectivity index (χ1) is 17.2. The highest BCUT2D eigenvalue weighted by Crippen LogP contribution is 2.39. The molecule has 3 aliphatic heterocycles. The number of hydrogen-bond donors (Lipinski definition) is 0. The zero-order valence-corrected chi connectivity index (χ0v) is 19.9. The Balaban J connectivity index is 1.20. The van der Waals surface area contributed by atoms with E-state index in [1.54, 1.807) is 6.07 Å². The topological polar surface area (TPSA) is 78.3 Å². The Morgan fingerprint density at radius 2 is 1.91 bits per heavy atom. The molecular weight excluding hydrogens is 448 g/mol. The first-order valence-electron chi connectivity index (χ1n) is 12.2.